The van der Waals surface area contributed by atoms with E-state index in [1.807, 2.05) is 11.0 Å². The highest BCUT2D eigenvalue weighted by atomic mass is 16.5. The third kappa shape index (κ3) is 3.77. The summed E-state index contributed by atoms with van der Waals surface area (Å²) in [6.07, 6.45) is 5.06. The highest BCUT2D eigenvalue weighted by Crippen LogP contribution is 2.38. The standard InChI is InChI=1S/C20H25N3O4/c1-25-16-7-3-6-15(18(16)26-2)20(24)23-10-4-5-13(12-23)11-17-21-19(22-27-17)14-8-9-14/h3,6-7,13-14H,4-5,8-12H2,1-2H3. The van der Waals surface area contributed by atoms with Crippen LogP contribution in [0.4, 0.5) is 0 Å². The molecule has 2 aromatic rings. The van der Waals surface area contributed by atoms with Gasteiger partial charge < -0.3 is 18.9 Å². The maximum absolute atomic E-state index is 13.1. The molecule has 1 atom stereocenters. The van der Waals surface area contributed by atoms with E-state index in [1.54, 1.807) is 26.4 Å². The molecule has 0 N–H and O–H groups in total. The number of methoxy groups -OCH3 is 2. The first-order valence-corrected chi connectivity index (χ1v) is 9.52. The van der Waals surface area contributed by atoms with Gasteiger partial charge in [-0.05, 0) is 43.7 Å². The van der Waals surface area contributed by atoms with Crippen molar-refractivity contribution in [2.45, 2.75) is 38.0 Å². The lowest BCUT2D eigenvalue weighted by molar-refractivity contribution is 0.0664. The average Bonchev–Trinajstić information content (AvgIpc) is 3.46. The fourth-order valence-electron chi connectivity index (χ4n) is 3.75. The van der Waals surface area contributed by atoms with Gasteiger partial charge in [0, 0.05) is 25.4 Å². The maximum atomic E-state index is 13.1. The third-order valence-electron chi connectivity index (χ3n) is 5.33. The van der Waals surface area contributed by atoms with Crippen LogP contribution in [-0.2, 0) is 6.42 Å². The monoisotopic (exact) mass is 371 g/mol. The Labute approximate surface area is 158 Å². The summed E-state index contributed by atoms with van der Waals surface area (Å²) < 4.78 is 16.2. The summed E-state index contributed by atoms with van der Waals surface area (Å²) in [5.74, 6) is 3.37. The molecule has 1 unspecified atom stereocenters. The smallest absolute Gasteiger partial charge is 0.257 e. The molecule has 1 saturated heterocycles. The molecule has 7 nitrogen and oxygen atoms in total. The predicted octanol–water partition coefficient (Wildman–Crippen LogP) is 3.06. The number of carbonyl (C=O) groups is 1. The van der Waals surface area contributed by atoms with Gasteiger partial charge in [0.2, 0.25) is 5.89 Å². The van der Waals surface area contributed by atoms with Gasteiger partial charge in [0.25, 0.3) is 5.91 Å². The molecular weight excluding hydrogens is 346 g/mol. The van der Waals surface area contributed by atoms with Crippen LogP contribution in [0.25, 0.3) is 0 Å². The molecule has 0 spiro atoms. The number of ether oxygens (including phenoxy) is 2. The zero-order valence-corrected chi connectivity index (χ0v) is 15.8. The van der Waals surface area contributed by atoms with Crippen molar-refractivity contribution in [1.82, 2.24) is 15.0 Å². The van der Waals surface area contributed by atoms with Gasteiger partial charge in [0.05, 0.1) is 19.8 Å². The first-order valence-electron chi connectivity index (χ1n) is 9.52. The highest BCUT2D eigenvalue weighted by molar-refractivity contribution is 5.97. The molecule has 7 heteroatoms. The van der Waals surface area contributed by atoms with E-state index in [2.05, 4.69) is 10.1 Å². The fraction of sp³-hybridized carbons (Fsp3) is 0.550. The van der Waals surface area contributed by atoms with Gasteiger partial charge in [0.15, 0.2) is 17.3 Å². The topological polar surface area (TPSA) is 77.7 Å². The zero-order chi connectivity index (χ0) is 18.8. The SMILES string of the molecule is COc1cccc(C(=O)N2CCCC(Cc3nc(C4CC4)no3)C2)c1OC. The van der Waals surface area contributed by atoms with Crippen LogP contribution < -0.4 is 9.47 Å². The Hall–Kier alpha value is -2.57. The average molecular weight is 371 g/mol. The van der Waals surface area contributed by atoms with E-state index in [-0.39, 0.29) is 5.91 Å². The van der Waals surface area contributed by atoms with E-state index in [9.17, 15) is 4.79 Å². The quantitative estimate of drug-likeness (QED) is 0.777. The van der Waals surface area contributed by atoms with Crippen LogP contribution >= 0.6 is 0 Å². The molecule has 0 bridgehead atoms. The van der Waals surface area contributed by atoms with E-state index in [4.69, 9.17) is 14.0 Å². The lowest BCUT2D eigenvalue weighted by Crippen LogP contribution is -2.40. The molecule has 27 heavy (non-hydrogen) atoms. The number of amides is 1. The number of aromatic nitrogens is 2. The molecule has 1 saturated carbocycles. The van der Waals surface area contributed by atoms with Gasteiger partial charge in [-0.3, -0.25) is 4.79 Å². The summed E-state index contributed by atoms with van der Waals surface area (Å²) in [4.78, 5) is 19.5. The number of likely N-dealkylation sites (tertiary alicyclic amines) is 1. The molecule has 0 radical (unpaired) electrons. The minimum Gasteiger partial charge on any atom is -0.493 e. The number of hydrogen-bond acceptors (Lipinski definition) is 6. The molecule has 2 fully saturated rings. The summed E-state index contributed by atoms with van der Waals surface area (Å²) in [6, 6.07) is 5.39. The number of hydrogen-bond donors (Lipinski definition) is 0. The van der Waals surface area contributed by atoms with Crippen molar-refractivity contribution in [1.29, 1.82) is 0 Å². The molecular formula is C20H25N3O4. The van der Waals surface area contributed by atoms with E-state index >= 15 is 0 Å². The zero-order valence-electron chi connectivity index (χ0n) is 15.8. The van der Waals surface area contributed by atoms with Crippen LogP contribution in [0.2, 0.25) is 0 Å². The Morgan fingerprint density at radius 1 is 1.26 bits per heavy atom. The molecule has 2 aliphatic rings. The van der Waals surface area contributed by atoms with Crippen molar-refractivity contribution in [2.75, 3.05) is 27.3 Å². The number of rotatable bonds is 6. The maximum Gasteiger partial charge on any atom is 0.257 e. The molecule has 1 amide bonds. The van der Waals surface area contributed by atoms with Gasteiger partial charge in [-0.2, -0.15) is 4.98 Å². The summed E-state index contributed by atoms with van der Waals surface area (Å²) in [7, 11) is 3.13. The lowest BCUT2D eigenvalue weighted by Gasteiger charge is -2.32. The minimum absolute atomic E-state index is 0.0281. The van der Waals surface area contributed by atoms with E-state index in [1.165, 1.54) is 0 Å². The van der Waals surface area contributed by atoms with Crippen LogP contribution in [0.3, 0.4) is 0 Å². The Balaban J connectivity index is 1.45. The largest absolute Gasteiger partial charge is 0.493 e. The molecule has 2 heterocycles. The van der Waals surface area contributed by atoms with Crippen LogP contribution in [0.15, 0.2) is 22.7 Å². The van der Waals surface area contributed by atoms with Gasteiger partial charge in [-0.15, -0.1) is 0 Å². The second-order valence-corrected chi connectivity index (χ2v) is 7.33. The summed E-state index contributed by atoms with van der Waals surface area (Å²) in [5, 5.41) is 4.09. The van der Waals surface area contributed by atoms with Crippen LogP contribution in [0, 0.1) is 5.92 Å². The Kier molecular flexibility index (Phi) is 5.01. The minimum atomic E-state index is -0.0281. The molecule has 4 rings (SSSR count). The predicted molar refractivity (Wildman–Crippen MR) is 98.2 cm³/mol. The van der Waals surface area contributed by atoms with Crippen molar-refractivity contribution in [3.63, 3.8) is 0 Å². The molecule has 1 aromatic heterocycles. The van der Waals surface area contributed by atoms with Crippen molar-refractivity contribution in [3.05, 3.63) is 35.5 Å². The molecule has 1 aliphatic carbocycles. The summed E-state index contributed by atoms with van der Waals surface area (Å²) >= 11 is 0. The van der Waals surface area contributed by atoms with Gasteiger partial charge in [0.1, 0.15) is 0 Å². The number of benzene rings is 1. The number of nitrogens with zero attached hydrogens (tertiary/aromatic N) is 3. The van der Waals surface area contributed by atoms with E-state index < -0.39 is 0 Å². The fourth-order valence-corrected chi connectivity index (χ4v) is 3.75. The Bertz CT molecular complexity index is 815. The van der Waals surface area contributed by atoms with Crippen LogP contribution in [-0.4, -0.2) is 48.3 Å². The molecule has 1 aliphatic heterocycles. The Morgan fingerprint density at radius 3 is 2.85 bits per heavy atom. The lowest BCUT2D eigenvalue weighted by atomic mass is 9.94. The second-order valence-electron chi connectivity index (χ2n) is 7.33. The van der Waals surface area contributed by atoms with Crippen molar-refractivity contribution >= 4 is 5.91 Å². The number of carbonyl (C=O) groups excluding carboxylic acids is 1. The second kappa shape index (κ2) is 7.58. The molecule has 1 aromatic carbocycles. The summed E-state index contributed by atoms with van der Waals surface area (Å²) in [5.41, 5.74) is 0.534. The van der Waals surface area contributed by atoms with Gasteiger partial charge in [-0.1, -0.05) is 11.2 Å². The number of piperidine rings is 1. The van der Waals surface area contributed by atoms with Gasteiger partial charge in [-0.25, -0.2) is 0 Å². The van der Waals surface area contributed by atoms with Crippen molar-refractivity contribution < 1.29 is 18.8 Å². The van der Waals surface area contributed by atoms with E-state index in [0.29, 0.717) is 41.3 Å². The van der Waals surface area contributed by atoms with Crippen molar-refractivity contribution in [3.8, 4) is 11.5 Å². The van der Waals surface area contributed by atoms with Gasteiger partial charge >= 0.3 is 0 Å². The summed E-state index contributed by atoms with van der Waals surface area (Å²) in [6.45, 7) is 1.42. The molecule has 144 valence electrons. The third-order valence-corrected chi connectivity index (χ3v) is 5.33. The van der Waals surface area contributed by atoms with Crippen LogP contribution in [0.1, 0.15) is 53.7 Å². The highest BCUT2D eigenvalue weighted by Gasteiger charge is 2.31. The first kappa shape index (κ1) is 17.8. The normalized spacial score (nSPS) is 19.8. The van der Waals surface area contributed by atoms with Crippen molar-refractivity contribution in [2.24, 2.45) is 5.92 Å². The first-order chi connectivity index (χ1) is 13.2. The Morgan fingerprint density at radius 2 is 2.11 bits per heavy atom. The number of para-hydroxylation sites is 1. The van der Waals surface area contributed by atoms with Crippen LogP contribution in [0.5, 0.6) is 11.5 Å². The van der Waals surface area contributed by atoms with E-state index in [0.717, 1.165) is 44.5 Å².